The number of β-amino-alcohol motifs (C(OH)–C–C–N with tert-alkyl or cyclic N) is 1. The van der Waals surface area contributed by atoms with E-state index in [4.69, 9.17) is 14.7 Å². The fourth-order valence-electron chi connectivity index (χ4n) is 9.73. The van der Waals surface area contributed by atoms with Crippen LogP contribution in [-0.4, -0.2) is 117 Å². The monoisotopic (exact) mass is 1060 g/mol. The highest BCUT2D eigenvalue weighted by Crippen LogP contribution is 2.32. The van der Waals surface area contributed by atoms with Crippen LogP contribution in [0, 0.1) is 23.7 Å². The molecule has 6 aromatic rings. The number of benzene rings is 3. The van der Waals surface area contributed by atoms with E-state index in [2.05, 4.69) is 42.4 Å². The van der Waals surface area contributed by atoms with Gasteiger partial charge in [0.2, 0.25) is 17.7 Å². The SMILES string of the molecule is Cc1ncsc1-c1ccc(CNC(=O)[C@@H]2C[C@@H](O)CN2C(=O)[C@@H](NC(=O)COCCOCCCn2cc(-c3ccc(N(C(=O)NCc4ccccc4)C4CCC(Nc5ccc(C#N)cn5)CC4)cc3)cn2)C(C)(C)C)cc1. The summed E-state index contributed by atoms with van der Waals surface area (Å²) in [5, 5.41) is 36.7. The van der Waals surface area contributed by atoms with Gasteiger partial charge in [-0.1, -0.05) is 87.5 Å². The number of urea groups is 1. The Bertz CT molecular complexity index is 2930. The second-order valence-corrected chi connectivity index (χ2v) is 21.6. The number of amides is 5. The summed E-state index contributed by atoms with van der Waals surface area (Å²) in [6.07, 6.45) is 8.62. The quantitative estimate of drug-likeness (QED) is 0.0414. The molecule has 404 valence electrons. The number of pyridine rings is 1. The van der Waals surface area contributed by atoms with Gasteiger partial charge >= 0.3 is 6.03 Å². The van der Waals surface area contributed by atoms with Gasteiger partial charge in [0.15, 0.2) is 0 Å². The lowest BCUT2D eigenvalue weighted by Gasteiger charge is -2.37. The Kier molecular flexibility index (Phi) is 19.2. The summed E-state index contributed by atoms with van der Waals surface area (Å²) in [7, 11) is 0. The number of anilines is 2. The predicted molar refractivity (Wildman–Crippen MR) is 295 cm³/mol. The van der Waals surface area contributed by atoms with Crippen molar-refractivity contribution in [3.05, 3.63) is 137 Å². The number of carbonyl (C=O) groups excluding carboxylic acids is 4. The normalized spacial score (nSPS) is 17.7. The molecule has 0 spiro atoms. The maximum atomic E-state index is 14.0. The first kappa shape index (κ1) is 55.7. The van der Waals surface area contributed by atoms with Gasteiger partial charge in [-0.15, -0.1) is 11.3 Å². The number of likely N-dealkylation sites (tertiary alicyclic amines) is 1. The van der Waals surface area contributed by atoms with E-state index in [-0.39, 0.29) is 63.4 Å². The van der Waals surface area contributed by atoms with Crippen molar-refractivity contribution in [3.8, 4) is 27.6 Å². The van der Waals surface area contributed by atoms with Crippen molar-refractivity contribution < 1.29 is 33.8 Å². The number of nitrogens with zero attached hydrogens (tertiary/aromatic N) is 7. The number of nitrogens with one attached hydrogen (secondary N) is 4. The number of aryl methyl sites for hydroxylation is 2. The van der Waals surface area contributed by atoms with E-state index in [1.54, 1.807) is 23.6 Å². The Morgan fingerprint density at radius 3 is 2.25 bits per heavy atom. The number of aliphatic hydroxyl groups is 1. The molecular weight excluding hydrogens is 995 g/mol. The molecule has 0 radical (unpaired) electrons. The average molecular weight is 1060 g/mol. The first-order valence-corrected chi connectivity index (χ1v) is 27.2. The summed E-state index contributed by atoms with van der Waals surface area (Å²) in [5.41, 5.74) is 8.28. The van der Waals surface area contributed by atoms with Gasteiger partial charge in [-0.3, -0.25) is 24.0 Å². The molecule has 1 aliphatic heterocycles. The Balaban J connectivity index is 0.752. The van der Waals surface area contributed by atoms with Crippen LogP contribution in [0.1, 0.15) is 81.7 Å². The molecule has 0 unspecified atom stereocenters. The molecule has 2 aliphatic rings. The molecule has 5 N–H and O–H groups in total. The fraction of sp³-hybridized carbons (Fsp3) is 0.414. The van der Waals surface area contributed by atoms with Crippen LogP contribution in [0.4, 0.5) is 16.3 Å². The van der Waals surface area contributed by atoms with E-state index in [0.29, 0.717) is 31.7 Å². The second-order valence-electron chi connectivity index (χ2n) is 20.7. The van der Waals surface area contributed by atoms with Crippen LogP contribution in [0.25, 0.3) is 21.6 Å². The molecule has 1 saturated carbocycles. The number of rotatable bonds is 22. The van der Waals surface area contributed by atoms with Crippen LogP contribution in [0.3, 0.4) is 0 Å². The number of carbonyl (C=O) groups is 4. The van der Waals surface area contributed by atoms with Gasteiger partial charge in [-0.05, 0) is 91.0 Å². The zero-order valence-corrected chi connectivity index (χ0v) is 45.0. The van der Waals surface area contributed by atoms with E-state index >= 15 is 0 Å². The smallest absolute Gasteiger partial charge is 0.322 e. The summed E-state index contributed by atoms with van der Waals surface area (Å²) in [6, 6.07) is 29.7. The Morgan fingerprint density at radius 1 is 0.844 bits per heavy atom. The van der Waals surface area contributed by atoms with Crippen molar-refractivity contribution in [2.24, 2.45) is 5.41 Å². The van der Waals surface area contributed by atoms with E-state index in [1.807, 2.05) is 140 Å². The molecule has 77 heavy (non-hydrogen) atoms. The van der Waals surface area contributed by atoms with E-state index in [0.717, 1.165) is 75.6 Å². The van der Waals surface area contributed by atoms with Gasteiger partial charge in [0.1, 0.15) is 30.6 Å². The molecule has 4 heterocycles. The molecule has 1 saturated heterocycles. The van der Waals surface area contributed by atoms with Crippen molar-refractivity contribution in [1.29, 1.82) is 5.26 Å². The molecule has 19 heteroatoms. The van der Waals surface area contributed by atoms with Crippen LogP contribution in [0.15, 0.2) is 115 Å². The Morgan fingerprint density at radius 2 is 1.56 bits per heavy atom. The highest BCUT2D eigenvalue weighted by atomic mass is 32.1. The lowest BCUT2D eigenvalue weighted by molar-refractivity contribution is -0.144. The number of ether oxygens (including phenoxy) is 2. The van der Waals surface area contributed by atoms with Crippen LogP contribution in [0.5, 0.6) is 0 Å². The molecule has 1 aliphatic carbocycles. The summed E-state index contributed by atoms with van der Waals surface area (Å²) >= 11 is 1.57. The van der Waals surface area contributed by atoms with Crippen LogP contribution >= 0.6 is 11.3 Å². The number of thiazole rings is 1. The van der Waals surface area contributed by atoms with E-state index in [9.17, 15) is 24.3 Å². The highest BCUT2D eigenvalue weighted by Gasteiger charge is 2.44. The molecule has 3 aromatic carbocycles. The summed E-state index contributed by atoms with van der Waals surface area (Å²) in [6.45, 7) is 9.34. The molecule has 3 atom stereocenters. The number of nitriles is 1. The minimum Gasteiger partial charge on any atom is -0.391 e. The van der Waals surface area contributed by atoms with Crippen molar-refractivity contribution in [2.75, 3.05) is 43.2 Å². The average Bonchev–Trinajstić information content (AvgIpc) is 4.21. The van der Waals surface area contributed by atoms with Crippen molar-refractivity contribution in [3.63, 3.8) is 0 Å². The summed E-state index contributed by atoms with van der Waals surface area (Å²) in [5.74, 6) is -0.560. The number of aliphatic hydroxyl groups excluding tert-OH is 1. The minimum absolute atomic E-state index is 0.00141. The largest absolute Gasteiger partial charge is 0.391 e. The van der Waals surface area contributed by atoms with Crippen molar-refractivity contribution >= 4 is 46.6 Å². The molecule has 8 rings (SSSR count). The first-order chi connectivity index (χ1) is 37.2. The van der Waals surface area contributed by atoms with Crippen molar-refractivity contribution in [2.45, 2.75) is 116 Å². The third-order valence-corrected chi connectivity index (χ3v) is 14.9. The zero-order valence-electron chi connectivity index (χ0n) is 44.2. The topological polar surface area (TPSA) is 229 Å². The van der Waals surface area contributed by atoms with Gasteiger partial charge in [-0.25, -0.2) is 14.8 Å². The lowest BCUT2D eigenvalue weighted by Crippen LogP contribution is -2.58. The molecule has 3 aromatic heterocycles. The zero-order chi connectivity index (χ0) is 54.3. The molecule has 5 amide bonds. The van der Waals surface area contributed by atoms with Crippen LogP contribution < -0.4 is 26.2 Å². The van der Waals surface area contributed by atoms with Gasteiger partial charge in [0.05, 0.1) is 47.2 Å². The number of aromatic nitrogens is 4. The van der Waals surface area contributed by atoms with E-state index in [1.165, 1.54) is 4.90 Å². The Labute approximate surface area is 454 Å². The third-order valence-electron chi connectivity index (χ3n) is 13.9. The van der Waals surface area contributed by atoms with Gasteiger partial charge in [-0.2, -0.15) is 10.4 Å². The maximum Gasteiger partial charge on any atom is 0.322 e. The molecular formula is C58H69N11O7S. The predicted octanol–water partition coefficient (Wildman–Crippen LogP) is 7.62. The second kappa shape index (κ2) is 26.5. The minimum atomic E-state index is -0.972. The number of hydrogen-bond acceptors (Lipinski definition) is 13. The van der Waals surface area contributed by atoms with Crippen LogP contribution in [-0.2, 0) is 43.5 Å². The summed E-state index contributed by atoms with van der Waals surface area (Å²) < 4.78 is 13.3. The Hall–Kier alpha value is -7.50. The van der Waals surface area contributed by atoms with Crippen molar-refractivity contribution in [1.82, 2.24) is 40.6 Å². The maximum absolute atomic E-state index is 14.0. The molecule has 18 nitrogen and oxygen atoms in total. The fourth-order valence-corrected chi connectivity index (χ4v) is 10.5. The summed E-state index contributed by atoms with van der Waals surface area (Å²) in [4.78, 5) is 67.7. The standard InChI is InChI=1S/C58H69N11O7S/c1-39-53(77-38-63-39)44-14-11-41(12-15-44)31-61-55(72)50-29-49(70)36-68(50)56(73)54(58(2,3)4)66-52(71)37-76-28-27-75-26-8-25-67-35-45(34-64-67)43-16-20-47(21-17-43)69(57(74)62-32-40-9-6-5-7-10-40)48-22-18-46(19-23-48)65-51-24-13-42(30-59)33-60-51/h5-7,9-17,20-21,24,33-35,38,46,48-50,54,70H,8,18-19,22-23,25-29,31-32,36-37H2,1-4H3,(H,60,65)(H,61,72)(H,62,74)(H,66,71)/t46?,48?,49-,50+,54-/m1/s1. The van der Waals surface area contributed by atoms with Gasteiger partial charge in [0.25, 0.3) is 0 Å². The van der Waals surface area contributed by atoms with Gasteiger partial charge in [0, 0.05) is 74.9 Å². The first-order valence-electron chi connectivity index (χ1n) is 26.3. The van der Waals surface area contributed by atoms with Crippen LogP contribution in [0.2, 0.25) is 0 Å². The highest BCUT2D eigenvalue weighted by molar-refractivity contribution is 7.13. The third kappa shape index (κ3) is 15.3. The lowest BCUT2D eigenvalue weighted by atomic mass is 9.85. The van der Waals surface area contributed by atoms with E-state index < -0.39 is 35.4 Å². The van der Waals surface area contributed by atoms with Gasteiger partial charge < -0.3 is 40.7 Å². The molecule has 2 fully saturated rings. The molecule has 0 bridgehead atoms. The number of hydrogen-bond donors (Lipinski definition) is 5.